The lowest BCUT2D eigenvalue weighted by Gasteiger charge is -2.06. The summed E-state index contributed by atoms with van der Waals surface area (Å²) < 4.78 is 1.51. The molecule has 1 aromatic carbocycles. The Morgan fingerprint density at radius 1 is 1.44 bits per heavy atom. The molecule has 0 aliphatic carbocycles. The molecule has 0 bridgehead atoms. The predicted octanol–water partition coefficient (Wildman–Crippen LogP) is 2.34. The van der Waals surface area contributed by atoms with Crippen LogP contribution in [0.1, 0.15) is 16.2 Å². The number of nitrogens with one attached hydrogen (secondary N) is 1. The third-order valence-corrected chi connectivity index (χ3v) is 2.74. The Hall–Kier alpha value is -2.01. The number of hydrogen-bond donors (Lipinski definition) is 2. The zero-order valence-corrected chi connectivity index (χ0v) is 10.7. The molecule has 0 aliphatic heterocycles. The van der Waals surface area contributed by atoms with Gasteiger partial charge in [-0.3, -0.25) is 9.48 Å². The van der Waals surface area contributed by atoms with Gasteiger partial charge in [0.1, 0.15) is 11.4 Å². The van der Waals surface area contributed by atoms with Crippen LogP contribution in [0.4, 0.5) is 5.69 Å². The number of benzene rings is 1. The number of aromatic nitrogens is 2. The zero-order chi connectivity index (χ0) is 13.3. The molecule has 1 heterocycles. The second-order valence-electron chi connectivity index (χ2n) is 3.91. The average Bonchev–Trinajstić information content (AvgIpc) is 2.63. The topological polar surface area (TPSA) is 67.2 Å². The van der Waals surface area contributed by atoms with Crippen molar-refractivity contribution in [3.63, 3.8) is 0 Å². The van der Waals surface area contributed by atoms with Gasteiger partial charge in [0.25, 0.3) is 5.91 Å². The van der Waals surface area contributed by atoms with E-state index in [9.17, 15) is 9.90 Å². The Morgan fingerprint density at radius 2 is 2.17 bits per heavy atom. The van der Waals surface area contributed by atoms with E-state index in [-0.39, 0.29) is 16.7 Å². The second-order valence-corrected chi connectivity index (χ2v) is 4.32. The lowest BCUT2D eigenvalue weighted by Crippen LogP contribution is -2.15. The van der Waals surface area contributed by atoms with Crippen LogP contribution in [0.5, 0.6) is 5.75 Å². The molecular weight excluding hydrogens is 254 g/mol. The molecule has 1 aromatic heterocycles. The van der Waals surface area contributed by atoms with Gasteiger partial charge in [-0.2, -0.15) is 5.10 Å². The number of hydrogen-bond acceptors (Lipinski definition) is 3. The van der Waals surface area contributed by atoms with Crippen molar-refractivity contribution in [2.75, 3.05) is 5.32 Å². The molecule has 2 aromatic rings. The lowest BCUT2D eigenvalue weighted by atomic mass is 10.3. The molecule has 18 heavy (non-hydrogen) atoms. The van der Waals surface area contributed by atoms with Crippen molar-refractivity contribution < 1.29 is 9.90 Å². The molecule has 0 atom stereocenters. The fraction of sp³-hybridized carbons (Fsp3) is 0.167. The summed E-state index contributed by atoms with van der Waals surface area (Å²) in [5, 5.41) is 16.3. The number of phenolic OH excluding ortho intramolecular Hbond substituents is 1. The van der Waals surface area contributed by atoms with E-state index in [0.29, 0.717) is 11.4 Å². The van der Waals surface area contributed by atoms with Gasteiger partial charge in [0, 0.05) is 12.7 Å². The van der Waals surface area contributed by atoms with Gasteiger partial charge in [-0.1, -0.05) is 11.6 Å². The second kappa shape index (κ2) is 4.70. The van der Waals surface area contributed by atoms with Crippen LogP contribution in [0.15, 0.2) is 24.3 Å². The van der Waals surface area contributed by atoms with Crippen LogP contribution in [0.2, 0.25) is 5.02 Å². The fourth-order valence-electron chi connectivity index (χ4n) is 1.60. The van der Waals surface area contributed by atoms with Crippen LogP contribution < -0.4 is 5.32 Å². The van der Waals surface area contributed by atoms with E-state index in [1.165, 1.54) is 16.8 Å². The summed E-state index contributed by atoms with van der Waals surface area (Å²) in [6, 6.07) is 6.17. The maximum Gasteiger partial charge on any atom is 0.273 e. The molecule has 2 N–H and O–H groups in total. The predicted molar refractivity (Wildman–Crippen MR) is 69.0 cm³/mol. The smallest absolute Gasteiger partial charge is 0.273 e. The number of halogens is 1. The first-order chi connectivity index (χ1) is 8.47. The molecule has 94 valence electrons. The molecule has 0 fully saturated rings. The van der Waals surface area contributed by atoms with Gasteiger partial charge in [-0.15, -0.1) is 0 Å². The highest BCUT2D eigenvalue weighted by molar-refractivity contribution is 6.32. The van der Waals surface area contributed by atoms with Crippen molar-refractivity contribution in [3.8, 4) is 5.75 Å². The average molecular weight is 266 g/mol. The highest BCUT2D eigenvalue weighted by atomic mass is 35.5. The highest BCUT2D eigenvalue weighted by Crippen LogP contribution is 2.26. The first kappa shape index (κ1) is 12.4. The lowest BCUT2D eigenvalue weighted by molar-refractivity contribution is 0.101. The number of carbonyl (C=O) groups is 1. The van der Waals surface area contributed by atoms with Gasteiger partial charge in [0.2, 0.25) is 0 Å². The first-order valence-electron chi connectivity index (χ1n) is 5.28. The maximum atomic E-state index is 12.0. The minimum atomic E-state index is -0.278. The molecule has 0 radical (unpaired) electrons. The molecule has 1 amide bonds. The van der Waals surface area contributed by atoms with E-state index in [0.717, 1.165) is 5.69 Å². The van der Waals surface area contributed by atoms with Gasteiger partial charge in [-0.25, -0.2) is 0 Å². The van der Waals surface area contributed by atoms with Crippen LogP contribution in [0, 0.1) is 6.92 Å². The summed E-state index contributed by atoms with van der Waals surface area (Å²) in [7, 11) is 1.70. The van der Waals surface area contributed by atoms with Crippen molar-refractivity contribution in [2.45, 2.75) is 6.92 Å². The number of nitrogens with zero attached hydrogens (tertiary/aromatic N) is 2. The normalized spacial score (nSPS) is 10.4. The van der Waals surface area contributed by atoms with Gasteiger partial charge in [-0.05, 0) is 31.2 Å². The standard InChI is InChI=1S/C12H12ClN3O2/c1-7-5-10(16(2)15-7)12(18)14-8-3-4-11(17)9(13)6-8/h3-6,17H,1-2H3,(H,14,18). The molecule has 5 nitrogen and oxygen atoms in total. The van der Waals surface area contributed by atoms with Crippen molar-refractivity contribution in [2.24, 2.45) is 7.05 Å². The van der Waals surface area contributed by atoms with Crippen LogP contribution in [0.25, 0.3) is 0 Å². The Balaban J connectivity index is 2.21. The van der Waals surface area contributed by atoms with Crippen molar-refractivity contribution >= 4 is 23.2 Å². The Labute approximate surface area is 109 Å². The molecule has 0 saturated heterocycles. The largest absolute Gasteiger partial charge is 0.506 e. The number of anilines is 1. The molecule has 2 rings (SSSR count). The summed E-state index contributed by atoms with van der Waals surface area (Å²) in [6.45, 7) is 1.81. The van der Waals surface area contributed by atoms with E-state index in [4.69, 9.17) is 11.6 Å². The van der Waals surface area contributed by atoms with E-state index >= 15 is 0 Å². The monoisotopic (exact) mass is 265 g/mol. The number of carbonyl (C=O) groups excluding carboxylic acids is 1. The SMILES string of the molecule is Cc1cc(C(=O)Nc2ccc(O)c(Cl)c2)n(C)n1. The Bertz CT molecular complexity index is 607. The molecule has 0 spiro atoms. The van der Waals surface area contributed by atoms with Gasteiger partial charge < -0.3 is 10.4 Å². The number of amides is 1. The van der Waals surface area contributed by atoms with Crippen molar-refractivity contribution in [3.05, 3.63) is 40.7 Å². The van der Waals surface area contributed by atoms with E-state index in [1.54, 1.807) is 19.2 Å². The molecule has 6 heteroatoms. The van der Waals surface area contributed by atoms with E-state index in [2.05, 4.69) is 10.4 Å². The van der Waals surface area contributed by atoms with Gasteiger partial charge in [0.05, 0.1) is 10.7 Å². The zero-order valence-electron chi connectivity index (χ0n) is 9.94. The molecular formula is C12H12ClN3O2. The third kappa shape index (κ3) is 2.46. The van der Waals surface area contributed by atoms with Crippen LogP contribution >= 0.6 is 11.6 Å². The minimum Gasteiger partial charge on any atom is -0.506 e. The number of aromatic hydroxyl groups is 1. The molecule has 0 unspecified atom stereocenters. The first-order valence-corrected chi connectivity index (χ1v) is 5.65. The van der Waals surface area contributed by atoms with Crippen LogP contribution in [-0.4, -0.2) is 20.8 Å². The number of phenols is 1. The molecule has 0 aliphatic rings. The highest BCUT2D eigenvalue weighted by Gasteiger charge is 2.12. The van der Waals surface area contributed by atoms with Gasteiger partial charge >= 0.3 is 0 Å². The Morgan fingerprint density at radius 3 is 2.72 bits per heavy atom. The summed E-state index contributed by atoms with van der Waals surface area (Å²) in [4.78, 5) is 12.0. The minimum absolute atomic E-state index is 0.0222. The summed E-state index contributed by atoms with van der Waals surface area (Å²) >= 11 is 5.76. The van der Waals surface area contributed by atoms with E-state index < -0.39 is 0 Å². The maximum absolute atomic E-state index is 12.0. The number of aryl methyl sites for hydroxylation is 2. The Kier molecular flexibility index (Phi) is 3.25. The number of rotatable bonds is 2. The van der Waals surface area contributed by atoms with Crippen molar-refractivity contribution in [1.29, 1.82) is 0 Å². The molecule has 0 saturated carbocycles. The summed E-state index contributed by atoms with van der Waals surface area (Å²) in [5.41, 5.74) is 1.74. The third-order valence-electron chi connectivity index (χ3n) is 2.44. The van der Waals surface area contributed by atoms with Crippen molar-refractivity contribution in [1.82, 2.24) is 9.78 Å². The van der Waals surface area contributed by atoms with E-state index in [1.807, 2.05) is 6.92 Å². The summed E-state index contributed by atoms with van der Waals surface area (Å²) in [5.74, 6) is -0.300. The van der Waals surface area contributed by atoms with Crippen LogP contribution in [0.3, 0.4) is 0 Å². The summed E-state index contributed by atoms with van der Waals surface area (Å²) in [6.07, 6.45) is 0. The van der Waals surface area contributed by atoms with Crippen LogP contribution in [-0.2, 0) is 7.05 Å². The quantitative estimate of drug-likeness (QED) is 0.819. The fourth-order valence-corrected chi connectivity index (χ4v) is 1.78. The van der Waals surface area contributed by atoms with Gasteiger partial charge in [0.15, 0.2) is 0 Å².